The van der Waals surface area contributed by atoms with Crippen molar-refractivity contribution in [2.75, 3.05) is 26.7 Å². The van der Waals surface area contributed by atoms with Crippen molar-refractivity contribution in [3.05, 3.63) is 35.9 Å². The summed E-state index contributed by atoms with van der Waals surface area (Å²) >= 11 is 0. The molecule has 1 aliphatic rings. The van der Waals surface area contributed by atoms with Gasteiger partial charge in [-0.1, -0.05) is 30.0 Å². The molecular formula is C15H20N2. The Labute approximate surface area is 104 Å². The highest BCUT2D eigenvalue weighted by atomic mass is 15.1. The summed E-state index contributed by atoms with van der Waals surface area (Å²) in [6, 6.07) is 10.8. The van der Waals surface area contributed by atoms with Crippen LogP contribution in [0.25, 0.3) is 0 Å². The van der Waals surface area contributed by atoms with Gasteiger partial charge in [0.2, 0.25) is 0 Å². The largest absolute Gasteiger partial charge is 0.315 e. The molecule has 0 saturated carbocycles. The van der Waals surface area contributed by atoms with Gasteiger partial charge < -0.3 is 5.32 Å². The van der Waals surface area contributed by atoms with Crippen molar-refractivity contribution in [2.24, 2.45) is 0 Å². The van der Waals surface area contributed by atoms with Crippen LogP contribution in [-0.2, 0) is 0 Å². The minimum atomic E-state index is 0.647. The average molecular weight is 228 g/mol. The van der Waals surface area contributed by atoms with Crippen LogP contribution in [0.3, 0.4) is 0 Å². The molecule has 1 aliphatic heterocycles. The van der Waals surface area contributed by atoms with Gasteiger partial charge in [-0.15, -0.1) is 0 Å². The van der Waals surface area contributed by atoms with Crippen molar-refractivity contribution in [1.29, 1.82) is 0 Å². The van der Waals surface area contributed by atoms with E-state index in [2.05, 4.69) is 41.2 Å². The summed E-state index contributed by atoms with van der Waals surface area (Å²) < 4.78 is 0. The highest BCUT2D eigenvalue weighted by Crippen LogP contribution is 2.07. The van der Waals surface area contributed by atoms with Gasteiger partial charge in [0.1, 0.15) is 0 Å². The highest BCUT2D eigenvalue weighted by molar-refractivity contribution is 5.33. The van der Waals surface area contributed by atoms with Crippen LogP contribution in [0.1, 0.15) is 18.4 Å². The third-order valence-corrected chi connectivity index (χ3v) is 3.23. The fourth-order valence-corrected chi connectivity index (χ4v) is 2.13. The molecular weight excluding hydrogens is 208 g/mol. The lowest BCUT2D eigenvalue weighted by atomic mass is 10.1. The quantitative estimate of drug-likeness (QED) is 0.775. The molecule has 2 nitrogen and oxygen atoms in total. The molecule has 1 saturated heterocycles. The maximum absolute atomic E-state index is 3.43. The van der Waals surface area contributed by atoms with Gasteiger partial charge in [0.05, 0.1) is 6.54 Å². The molecule has 0 aliphatic carbocycles. The van der Waals surface area contributed by atoms with Gasteiger partial charge in [0.15, 0.2) is 0 Å². The number of piperidine rings is 1. The van der Waals surface area contributed by atoms with E-state index in [1.807, 2.05) is 18.2 Å². The molecule has 1 N–H and O–H groups in total. The van der Waals surface area contributed by atoms with Crippen molar-refractivity contribution >= 4 is 0 Å². The minimum absolute atomic E-state index is 0.647. The van der Waals surface area contributed by atoms with Crippen molar-refractivity contribution in [2.45, 2.75) is 18.9 Å². The highest BCUT2D eigenvalue weighted by Gasteiger charge is 2.16. The zero-order valence-electron chi connectivity index (χ0n) is 10.4. The number of nitrogens with one attached hydrogen (secondary N) is 1. The molecule has 1 aromatic carbocycles. The van der Waals surface area contributed by atoms with Crippen LogP contribution in [0.15, 0.2) is 30.3 Å². The van der Waals surface area contributed by atoms with E-state index in [0.29, 0.717) is 6.04 Å². The Bertz CT molecular complexity index is 382. The summed E-state index contributed by atoms with van der Waals surface area (Å²) in [4.78, 5) is 2.35. The smallest absolute Gasteiger partial charge is 0.0605 e. The first-order valence-electron chi connectivity index (χ1n) is 6.31. The molecule has 1 atom stereocenters. The molecule has 0 amide bonds. The summed E-state index contributed by atoms with van der Waals surface area (Å²) in [5, 5.41) is 3.43. The molecule has 0 bridgehead atoms. The lowest BCUT2D eigenvalue weighted by molar-refractivity contribution is 0.224. The van der Waals surface area contributed by atoms with Crippen LogP contribution in [-0.4, -0.2) is 37.6 Å². The van der Waals surface area contributed by atoms with Gasteiger partial charge in [0, 0.05) is 18.2 Å². The molecule has 1 heterocycles. The Morgan fingerprint density at radius 3 is 2.88 bits per heavy atom. The third-order valence-electron chi connectivity index (χ3n) is 3.23. The van der Waals surface area contributed by atoms with Gasteiger partial charge in [-0.05, 0) is 38.6 Å². The Balaban J connectivity index is 1.83. The van der Waals surface area contributed by atoms with E-state index < -0.39 is 0 Å². The molecule has 0 radical (unpaired) electrons. The molecule has 0 aromatic heterocycles. The molecule has 1 unspecified atom stereocenters. The molecule has 90 valence electrons. The predicted octanol–water partition coefficient (Wildman–Crippen LogP) is 1.72. The number of rotatable bonds is 2. The summed E-state index contributed by atoms with van der Waals surface area (Å²) in [6.45, 7) is 3.12. The molecule has 0 spiro atoms. The van der Waals surface area contributed by atoms with Crippen LogP contribution < -0.4 is 5.32 Å². The van der Waals surface area contributed by atoms with Crippen molar-refractivity contribution in [3.63, 3.8) is 0 Å². The number of hydrogen-bond donors (Lipinski definition) is 1. The van der Waals surface area contributed by atoms with Crippen LogP contribution in [0.5, 0.6) is 0 Å². The number of benzene rings is 1. The number of hydrogen-bond acceptors (Lipinski definition) is 2. The second-order valence-corrected chi connectivity index (χ2v) is 4.58. The third kappa shape index (κ3) is 3.89. The van der Waals surface area contributed by atoms with Gasteiger partial charge in [-0.2, -0.15) is 0 Å². The Hall–Kier alpha value is -1.30. The molecule has 17 heavy (non-hydrogen) atoms. The molecule has 1 fully saturated rings. The second kappa shape index (κ2) is 6.44. The maximum Gasteiger partial charge on any atom is 0.0605 e. The first kappa shape index (κ1) is 12.2. The Morgan fingerprint density at radius 1 is 1.35 bits per heavy atom. The molecule has 2 heteroatoms. The predicted molar refractivity (Wildman–Crippen MR) is 71.8 cm³/mol. The minimum Gasteiger partial charge on any atom is -0.315 e. The van der Waals surface area contributed by atoms with Crippen molar-refractivity contribution in [1.82, 2.24) is 10.2 Å². The van der Waals surface area contributed by atoms with Crippen LogP contribution in [0, 0.1) is 11.8 Å². The standard InChI is InChI=1S/C15H20N2/c1-17(15-10-5-11-16-13-15)12-6-9-14-7-3-2-4-8-14/h2-4,7-8,15-16H,5,10-13H2,1H3. The summed E-state index contributed by atoms with van der Waals surface area (Å²) in [6.07, 6.45) is 2.57. The van der Waals surface area contributed by atoms with E-state index >= 15 is 0 Å². The van der Waals surface area contributed by atoms with Crippen molar-refractivity contribution < 1.29 is 0 Å². The first-order valence-corrected chi connectivity index (χ1v) is 6.31. The average Bonchev–Trinajstić information content (AvgIpc) is 2.41. The Kier molecular flexibility index (Phi) is 4.61. The van der Waals surface area contributed by atoms with Crippen LogP contribution in [0.2, 0.25) is 0 Å². The zero-order chi connectivity index (χ0) is 11.9. The molecule has 1 aromatic rings. The van der Waals surface area contributed by atoms with Gasteiger partial charge in [-0.25, -0.2) is 0 Å². The van der Waals surface area contributed by atoms with Gasteiger partial charge in [-0.3, -0.25) is 4.90 Å². The lowest BCUT2D eigenvalue weighted by Crippen LogP contribution is -2.44. The van der Waals surface area contributed by atoms with E-state index in [-0.39, 0.29) is 0 Å². The topological polar surface area (TPSA) is 15.3 Å². The maximum atomic E-state index is 3.43. The SMILES string of the molecule is CN(CC#Cc1ccccc1)C1CCCNC1. The fraction of sp³-hybridized carbons (Fsp3) is 0.467. The fourth-order valence-electron chi connectivity index (χ4n) is 2.13. The summed E-state index contributed by atoms with van der Waals surface area (Å²) in [5.74, 6) is 6.45. The van der Waals surface area contributed by atoms with E-state index in [4.69, 9.17) is 0 Å². The number of nitrogens with zero attached hydrogens (tertiary/aromatic N) is 1. The van der Waals surface area contributed by atoms with E-state index in [0.717, 1.165) is 18.7 Å². The van der Waals surface area contributed by atoms with E-state index in [9.17, 15) is 0 Å². The number of likely N-dealkylation sites (N-methyl/N-ethyl adjacent to an activating group) is 1. The summed E-state index contributed by atoms with van der Waals surface area (Å²) in [7, 11) is 2.16. The first-order chi connectivity index (χ1) is 8.36. The zero-order valence-corrected chi connectivity index (χ0v) is 10.4. The normalized spacial score (nSPS) is 19.8. The van der Waals surface area contributed by atoms with Crippen LogP contribution in [0.4, 0.5) is 0 Å². The summed E-state index contributed by atoms with van der Waals surface area (Å²) in [5.41, 5.74) is 1.10. The van der Waals surface area contributed by atoms with Gasteiger partial charge in [0.25, 0.3) is 0 Å². The van der Waals surface area contributed by atoms with E-state index in [1.165, 1.54) is 19.4 Å². The van der Waals surface area contributed by atoms with Gasteiger partial charge >= 0.3 is 0 Å². The Morgan fingerprint density at radius 2 is 2.18 bits per heavy atom. The van der Waals surface area contributed by atoms with Crippen molar-refractivity contribution in [3.8, 4) is 11.8 Å². The lowest BCUT2D eigenvalue weighted by Gasteiger charge is -2.30. The second-order valence-electron chi connectivity index (χ2n) is 4.58. The van der Waals surface area contributed by atoms with E-state index in [1.54, 1.807) is 0 Å². The van der Waals surface area contributed by atoms with Crippen LogP contribution >= 0.6 is 0 Å². The monoisotopic (exact) mass is 228 g/mol. The molecule has 2 rings (SSSR count).